The highest BCUT2D eigenvalue weighted by molar-refractivity contribution is 7.89. The highest BCUT2D eigenvalue weighted by atomic mass is 32.2. The summed E-state index contributed by atoms with van der Waals surface area (Å²) >= 11 is 0. The van der Waals surface area contributed by atoms with Crippen LogP contribution in [0.2, 0.25) is 0 Å². The molecule has 0 N–H and O–H groups in total. The third-order valence-corrected chi connectivity index (χ3v) is 7.79. The van der Waals surface area contributed by atoms with E-state index < -0.39 is 21.8 Å². The van der Waals surface area contributed by atoms with Crippen molar-refractivity contribution in [2.45, 2.75) is 45.7 Å². The molecule has 1 aliphatic heterocycles. The molecule has 34 heavy (non-hydrogen) atoms. The average molecular weight is 496 g/mol. The molecule has 0 spiro atoms. The average Bonchev–Trinajstić information content (AvgIpc) is 2.79. The lowest BCUT2D eigenvalue weighted by molar-refractivity contribution is -0.137. The monoisotopic (exact) mass is 495 g/mol. The predicted molar refractivity (Wildman–Crippen MR) is 123 cm³/mol. The number of hydrogen-bond donors (Lipinski definition) is 0. The van der Waals surface area contributed by atoms with Gasteiger partial charge in [0.15, 0.2) is 0 Å². The third-order valence-electron chi connectivity index (χ3n) is 5.72. The summed E-state index contributed by atoms with van der Waals surface area (Å²) in [5.74, 6) is 0.998. The van der Waals surface area contributed by atoms with Crippen molar-refractivity contribution in [2.75, 3.05) is 36.8 Å². The first-order chi connectivity index (χ1) is 16.1. The van der Waals surface area contributed by atoms with Crippen LogP contribution in [-0.4, -0.2) is 54.6 Å². The molecular weight excluding hydrogens is 467 g/mol. The molecule has 0 unspecified atom stereocenters. The van der Waals surface area contributed by atoms with Gasteiger partial charge in [-0.1, -0.05) is 32.0 Å². The Hall–Kier alpha value is -2.71. The Morgan fingerprint density at radius 2 is 1.82 bits per heavy atom. The minimum Gasteiger partial charge on any atom is -0.354 e. The number of benzene rings is 1. The maximum atomic E-state index is 13.2. The van der Waals surface area contributed by atoms with Gasteiger partial charge in [0.1, 0.15) is 11.6 Å². The Morgan fingerprint density at radius 1 is 1.12 bits per heavy atom. The van der Waals surface area contributed by atoms with Gasteiger partial charge in [0.05, 0.1) is 23.8 Å². The molecule has 2 aromatic rings. The number of aromatic nitrogens is 2. The number of piperazine rings is 1. The van der Waals surface area contributed by atoms with Crippen molar-refractivity contribution in [3.8, 4) is 6.07 Å². The summed E-state index contributed by atoms with van der Waals surface area (Å²) in [6, 6.07) is 7.22. The Balaban J connectivity index is 1.97. The highest BCUT2D eigenvalue weighted by Crippen LogP contribution is 2.32. The molecule has 0 aliphatic carbocycles. The maximum absolute atomic E-state index is 13.2. The van der Waals surface area contributed by atoms with Crippen molar-refractivity contribution < 1.29 is 21.6 Å². The Labute approximate surface area is 198 Å². The van der Waals surface area contributed by atoms with Gasteiger partial charge in [0.2, 0.25) is 10.0 Å². The molecule has 11 heteroatoms. The Kier molecular flexibility index (Phi) is 8.15. The first-order valence-electron chi connectivity index (χ1n) is 11.2. The van der Waals surface area contributed by atoms with Crippen LogP contribution in [0.1, 0.15) is 48.5 Å². The molecular formula is C23H28F3N5O2S. The van der Waals surface area contributed by atoms with Crippen molar-refractivity contribution in [3.63, 3.8) is 0 Å². The predicted octanol–water partition coefficient (Wildman–Crippen LogP) is 3.58. The number of anilines is 1. The van der Waals surface area contributed by atoms with Gasteiger partial charge < -0.3 is 4.90 Å². The zero-order valence-electron chi connectivity index (χ0n) is 19.3. The zero-order valence-corrected chi connectivity index (χ0v) is 20.1. The fourth-order valence-electron chi connectivity index (χ4n) is 4.08. The van der Waals surface area contributed by atoms with Crippen molar-refractivity contribution in [1.29, 1.82) is 5.26 Å². The lowest BCUT2D eigenvalue weighted by Gasteiger charge is -2.36. The van der Waals surface area contributed by atoms with Gasteiger partial charge in [-0.3, -0.25) is 0 Å². The second kappa shape index (κ2) is 10.7. The molecule has 184 valence electrons. The number of alkyl halides is 3. The third kappa shape index (κ3) is 6.04. The van der Waals surface area contributed by atoms with Crippen LogP contribution in [0, 0.1) is 11.3 Å². The second-order valence-electron chi connectivity index (χ2n) is 8.15. The quantitative estimate of drug-likeness (QED) is 0.556. The molecule has 3 rings (SSSR count). The molecule has 1 fully saturated rings. The van der Waals surface area contributed by atoms with E-state index in [1.165, 1.54) is 10.4 Å². The van der Waals surface area contributed by atoms with Crippen LogP contribution in [0.5, 0.6) is 0 Å². The van der Waals surface area contributed by atoms with Crippen molar-refractivity contribution in [2.24, 2.45) is 0 Å². The molecule has 0 bridgehead atoms. The van der Waals surface area contributed by atoms with E-state index in [-0.39, 0.29) is 18.6 Å². The van der Waals surface area contributed by atoms with Crippen LogP contribution in [-0.2, 0) is 35.5 Å². The van der Waals surface area contributed by atoms with Crippen LogP contribution in [0.25, 0.3) is 0 Å². The fourth-order valence-corrected chi connectivity index (χ4v) is 5.57. The topological polar surface area (TPSA) is 90.2 Å². The number of nitriles is 1. The standard InChI is InChI=1S/C23H28F3N5O2S/c1-3-14-34(32,33)31-12-10-30(11-13-31)22-19(20(4-2)28-21(29-22)8-9-27)16-17-6-5-7-18(15-17)23(24,25)26/h5-7,15H,3-4,8,10-14,16H2,1-2H3. The minimum atomic E-state index is -4.44. The number of halogens is 3. The number of sulfonamides is 1. The zero-order chi connectivity index (χ0) is 24.9. The van der Waals surface area contributed by atoms with Crippen LogP contribution < -0.4 is 4.90 Å². The van der Waals surface area contributed by atoms with Gasteiger partial charge in [-0.25, -0.2) is 18.4 Å². The molecule has 1 saturated heterocycles. The van der Waals surface area contributed by atoms with Gasteiger partial charge >= 0.3 is 6.18 Å². The van der Waals surface area contributed by atoms with Crippen LogP contribution in [0.4, 0.5) is 19.0 Å². The summed E-state index contributed by atoms with van der Waals surface area (Å²) in [5.41, 5.74) is 1.13. The number of hydrogen-bond acceptors (Lipinski definition) is 6. The minimum absolute atomic E-state index is 0.00861. The van der Waals surface area contributed by atoms with E-state index in [1.807, 2.05) is 24.8 Å². The fraction of sp³-hybridized carbons (Fsp3) is 0.522. The van der Waals surface area contributed by atoms with E-state index in [9.17, 15) is 21.6 Å². The van der Waals surface area contributed by atoms with Gasteiger partial charge in [-0.2, -0.15) is 22.7 Å². The van der Waals surface area contributed by atoms with E-state index in [2.05, 4.69) is 9.97 Å². The van der Waals surface area contributed by atoms with E-state index in [4.69, 9.17) is 5.26 Å². The lowest BCUT2D eigenvalue weighted by atomic mass is 10.00. The maximum Gasteiger partial charge on any atom is 0.416 e. The first kappa shape index (κ1) is 25.9. The van der Waals surface area contributed by atoms with E-state index in [1.54, 1.807) is 6.07 Å². The number of nitrogens with zero attached hydrogens (tertiary/aromatic N) is 5. The molecule has 1 aliphatic rings. The Bertz CT molecular complexity index is 1150. The van der Waals surface area contributed by atoms with Gasteiger partial charge in [-0.05, 0) is 24.5 Å². The van der Waals surface area contributed by atoms with Gasteiger partial charge in [0, 0.05) is 43.9 Å². The molecule has 1 aromatic heterocycles. The molecule has 0 radical (unpaired) electrons. The number of aryl methyl sites for hydroxylation is 1. The van der Waals surface area contributed by atoms with E-state index >= 15 is 0 Å². The van der Waals surface area contributed by atoms with Crippen molar-refractivity contribution in [1.82, 2.24) is 14.3 Å². The van der Waals surface area contributed by atoms with Gasteiger partial charge in [0.25, 0.3) is 0 Å². The largest absolute Gasteiger partial charge is 0.416 e. The van der Waals surface area contributed by atoms with E-state index in [0.717, 1.165) is 12.1 Å². The summed E-state index contributed by atoms with van der Waals surface area (Å²) in [4.78, 5) is 11.0. The van der Waals surface area contributed by atoms with E-state index in [0.29, 0.717) is 67.5 Å². The van der Waals surface area contributed by atoms with Crippen LogP contribution >= 0.6 is 0 Å². The van der Waals surface area contributed by atoms with Crippen LogP contribution in [0.15, 0.2) is 24.3 Å². The molecule has 0 saturated carbocycles. The van der Waals surface area contributed by atoms with Gasteiger partial charge in [-0.15, -0.1) is 0 Å². The smallest absolute Gasteiger partial charge is 0.354 e. The first-order valence-corrected chi connectivity index (χ1v) is 12.8. The summed E-state index contributed by atoms with van der Waals surface area (Å²) in [6.07, 6.45) is -3.18. The van der Waals surface area contributed by atoms with Crippen molar-refractivity contribution >= 4 is 15.8 Å². The second-order valence-corrected chi connectivity index (χ2v) is 10.2. The summed E-state index contributed by atoms with van der Waals surface area (Å²) < 4.78 is 66.0. The lowest BCUT2D eigenvalue weighted by Crippen LogP contribution is -2.49. The SMILES string of the molecule is CCCS(=O)(=O)N1CCN(c2nc(CC#N)nc(CC)c2Cc2cccc(C(F)(F)F)c2)CC1. The molecule has 2 heterocycles. The highest BCUT2D eigenvalue weighted by Gasteiger charge is 2.31. The Morgan fingerprint density at radius 3 is 2.41 bits per heavy atom. The van der Waals surface area contributed by atoms with Crippen molar-refractivity contribution in [3.05, 3.63) is 52.5 Å². The summed E-state index contributed by atoms with van der Waals surface area (Å²) in [6.45, 7) is 5.09. The molecule has 1 aromatic carbocycles. The normalized spacial score (nSPS) is 15.4. The van der Waals surface area contributed by atoms with Crippen LogP contribution in [0.3, 0.4) is 0 Å². The summed E-state index contributed by atoms with van der Waals surface area (Å²) in [5, 5.41) is 9.15. The summed E-state index contributed by atoms with van der Waals surface area (Å²) in [7, 11) is -3.32. The number of rotatable bonds is 8. The molecule has 7 nitrogen and oxygen atoms in total. The molecule has 0 amide bonds. The molecule has 0 atom stereocenters.